The molecule has 0 heteroatoms. The largest absolute Gasteiger partial charge is 0.0705 e. The van der Waals surface area contributed by atoms with Crippen molar-refractivity contribution in [3.63, 3.8) is 0 Å². The monoisotopic (exact) mass is 322 g/mol. The Morgan fingerprint density at radius 1 is 0.680 bits per heavy atom. The van der Waals surface area contributed by atoms with Gasteiger partial charge in [-0.3, -0.25) is 0 Å². The van der Waals surface area contributed by atoms with E-state index in [0.717, 1.165) is 6.42 Å². The number of hydrogen-bond donors (Lipinski definition) is 0. The zero-order valence-corrected chi connectivity index (χ0v) is 14.8. The first-order valence-corrected chi connectivity index (χ1v) is 9.10. The van der Waals surface area contributed by atoms with Gasteiger partial charge < -0.3 is 0 Å². The Kier molecular flexibility index (Phi) is 2.92. The highest BCUT2D eigenvalue weighted by atomic mass is 14.4. The van der Waals surface area contributed by atoms with E-state index in [2.05, 4.69) is 98.9 Å². The fourth-order valence-electron chi connectivity index (χ4n) is 4.75. The molecular formula is C25H22. The van der Waals surface area contributed by atoms with Crippen molar-refractivity contribution in [1.82, 2.24) is 0 Å². The van der Waals surface area contributed by atoms with Crippen molar-refractivity contribution in [3.8, 4) is 11.1 Å². The summed E-state index contributed by atoms with van der Waals surface area (Å²) in [7, 11) is 0. The molecule has 0 amide bonds. The summed E-state index contributed by atoms with van der Waals surface area (Å²) in [5.74, 6) is 0. The molecule has 0 heterocycles. The third kappa shape index (κ3) is 2.00. The standard InChI is InChI=1S/C25H22/c1-24(13-5-6-14-24)22-12-11-20-19-10-4-3-9-18(19)17-21(20)23(22)25(2)15-7-8-16-25/h3-16H,17H2,1-2H3. The van der Waals surface area contributed by atoms with Crippen LogP contribution in [0.15, 0.2) is 85.0 Å². The molecule has 0 aliphatic heterocycles. The van der Waals surface area contributed by atoms with E-state index in [0.29, 0.717) is 0 Å². The maximum atomic E-state index is 2.36. The van der Waals surface area contributed by atoms with Crippen molar-refractivity contribution in [3.05, 3.63) is 107 Å². The molecule has 0 spiro atoms. The van der Waals surface area contributed by atoms with Crippen LogP contribution in [-0.4, -0.2) is 0 Å². The molecule has 0 nitrogen and oxygen atoms in total. The van der Waals surface area contributed by atoms with Crippen LogP contribution >= 0.6 is 0 Å². The van der Waals surface area contributed by atoms with Crippen molar-refractivity contribution in [2.75, 3.05) is 0 Å². The predicted octanol–water partition coefficient (Wildman–Crippen LogP) is 6.03. The summed E-state index contributed by atoms with van der Waals surface area (Å²) in [5.41, 5.74) is 8.65. The van der Waals surface area contributed by atoms with Gasteiger partial charge in [0, 0.05) is 10.8 Å². The van der Waals surface area contributed by atoms with Crippen molar-refractivity contribution in [2.45, 2.75) is 31.1 Å². The highest BCUT2D eigenvalue weighted by Gasteiger charge is 2.37. The highest BCUT2D eigenvalue weighted by molar-refractivity contribution is 5.80. The minimum atomic E-state index is -0.0317. The topological polar surface area (TPSA) is 0 Å². The number of allylic oxidation sites excluding steroid dienone is 8. The summed E-state index contributed by atoms with van der Waals surface area (Å²) in [6, 6.07) is 13.6. The van der Waals surface area contributed by atoms with E-state index < -0.39 is 0 Å². The lowest BCUT2D eigenvalue weighted by Gasteiger charge is -2.33. The Hall–Kier alpha value is -2.60. The SMILES string of the molecule is CC1(c2ccc3c(c2C2(C)C=CC=C2)Cc2ccccc2-3)C=CC=C1. The predicted molar refractivity (Wildman–Crippen MR) is 106 cm³/mol. The quantitative estimate of drug-likeness (QED) is 0.541. The molecule has 0 fully saturated rings. The van der Waals surface area contributed by atoms with Crippen LogP contribution in [0, 0.1) is 0 Å². The fourth-order valence-corrected chi connectivity index (χ4v) is 4.75. The van der Waals surface area contributed by atoms with Gasteiger partial charge in [0.15, 0.2) is 0 Å². The zero-order valence-electron chi connectivity index (χ0n) is 14.8. The van der Waals surface area contributed by atoms with Gasteiger partial charge in [-0.25, -0.2) is 0 Å². The van der Waals surface area contributed by atoms with Gasteiger partial charge in [-0.1, -0.05) is 85.0 Å². The Labute approximate surface area is 149 Å². The molecule has 2 aromatic rings. The van der Waals surface area contributed by atoms with Gasteiger partial charge in [0.2, 0.25) is 0 Å². The average Bonchev–Trinajstić information content (AvgIpc) is 3.33. The van der Waals surface area contributed by atoms with Crippen LogP contribution in [0.3, 0.4) is 0 Å². The number of hydrogen-bond acceptors (Lipinski definition) is 0. The van der Waals surface area contributed by atoms with Gasteiger partial charge in [-0.05, 0) is 53.6 Å². The van der Waals surface area contributed by atoms with Crippen molar-refractivity contribution >= 4 is 0 Å². The molecule has 0 saturated carbocycles. The number of rotatable bonds is 2. The van der Waals surface area contributed by atoms with Gasteiger partial charge in [-0.15, -0.1) is 0 Å². The molecule has 0 saturated heterocycles. The Morgan fingerprint density at radius 2 is 1.32 bits per heavy atom. The molecular weight excluding hydrogens is 300 g/mol. The van der Waals surface area contributed by atoms with Gasteiger partial charge in [0.1, 0.15) is 0 Å². The molecule has 3 aliphatic carbocycles. The lowest BCUT2D eigenvalue weighted by atomic mass is 9.70. The van der Waals surface area contributed by atoms with Gasteiger partial charge in [-0.2, -0.15) is 0 Å². The van der Waals surface area contributed by atoms with Crippen LogP contribution in [0.1, 0.15) is 36.1 Å². The lowest BCUT2D eigenvalue weighted by molar-refractivity contribution is 0.688. The van der Waals surface area contributed by atoms with Crippen LogP contribution in [0.4, 0.5) is 0 Å². The maximum absolute atomic E-state index is 2.36. The zero-order chi connectivity index (χ0) is 17.1. The third-order valence-electron chi connectivity index (χ3n) is 6.10. The van der Waals surface area contributed by atoms with Crippen LogP contribution in [0.2, 0.25) is 0 Å². The van der Waals surface area contributed by atoms with Crippen LogP contribution < -0.4 is 0 Å². The molecule has 0 aromatic heterocycles. The van der Waals surface area contributed by atoms with E-state index >= 15 is 0 Å². The van der Waals surface area contributed by atoms with Crippen molar-refractivity contribution in [2.24, 2.45) is 0 Å². The van der Waals surface area contributed by atoms with Crippen LogP contribution in [-0.2, 0) is 17.3 Å². The van der Waals surface area contributed by atoms with E-state index in [4.69, 9.17) is 0 Å². The van der Waals surface area contributed by atoms with E-state index in [1.54, 1.807) is 0 Å². The Balaban J connectivity index is 1.82. The normalized spacial score (nSPS) is 20.2. The Bertz CT molecular complexity index is 971. The second-order valence-electron chi connectivity index (χ2n) is 7.85. The second kappa shape index (κ2) is 4.95. The smallest absolute Gasteiger partial charge is 0.0296 e. The van der Waals surface area contributed by atoms with Crippen LogP contribution in [0.5, 0.6) is 0 Å². The summed E-state index contributed by atoms with van der Waals surface area (Å²) >= 11 is 0. The summed E-state index contributed by atoms with van der Waals surface area (Å²) in [6.07, 6.45) is 19.1. The first-order valence-electron chi connectivity index (χ1n) is 9.10. The lowest BCUT2D eigenvalue weighted by Crippen LogP contribution is -2.25. The Morgan fingerprint density at radius 3 is 2.04 bits per heavy atom. The maximum Gasteiger partial charge on any atom is 0.0296 e. The first-order chi connectivity index (χ1) is 12.1. The highest BCUT2D eigenvalue weighted by Crippen LogP contribution is 2.48. The van der Waals surface area contributed by atoms with Crippen molar-refractivity contribution in [1.29, 1.82) is 0 Å². The van der Waals surface area contributed by atoms with E-state index in [1.165, 1.54) is 33.4 Å². The molecule has 0 bridgehead atoms. The first kappa shape index (κ1) is 14.7. The minimum absolute atomic E-state index is 0.0214. The van der Waals surface area contributed by atoms with Gasteiger partial charge in [0.05, 0.1) is 0 Å². The molecule has 0 atom stereocenters. The molecule has 122 valence electrons. The summed E-state index contributed by atoms with van der Waals surface area (Å²) in [4.78, 5) is 0. The molecule has 0 radical (unpaired) electrons. The van der Waals surface area contributed by atoms with Crippen LogP contribution in [0.25, 0.3) is 11.1 Å². The second-order valence-corrected chi connectivity index (χ2v) is 7.85. The summed E-state index contributed by atoms with van der Waals surface area (Å²) in [6.45, 7) is 4.67. The molecule has 25 heavy (non-hydrogen) atoms. The fraction of sp³-hybridized carbons (Fsp3) is 0.200. The molecule has 0 N–H and O–H groups in total. The molecule has 3 aliphatic rings. The molecule has 0 unspecified atom stereocenters. The van der Waals surface area contributed by atoms with Crippen molar-refractivity contribution < 1.29 is 0 Å². The average molecular weight is 322 g/mol. The van der Waals surface area contributed by atoms with Gasteiger partial charge >= 0.3 is 0 Å². The minimum Gasteiger partial charge on any atom is -0.0705 e. The van der Waals surface area contributed by atoms with E-state index in [9.17, 15) is 0 Å². The molecule has 5 rings (SSSR count). The summed E-state index contributed by atoms with van der Waals surface area (Å²) in [5, 5.41) is 0. The molecule has 2 aromatic carbocycles. The van der Waals surface area contributed by atoms with E-state index in [-0.39, 0.29) is 10.8 Å². The summed E-state index contributed by atoms with van der Waals surface area (Å²) < 4.78 is 0. The number of fused-ring (bicyclic) bond motifs is 3. The number of benzene rings is 2. The van der Waals surface area contributed by atoms with Gasteiger partial charge in [0.25, 0.3) is 0 Å². The van der Waals surface area contributed by atoms with E-state index in [1.807, 2.05) is 0 Å². The third-order valence-corrected chi connectivity index (χ3v) is 6.10.